The van der Waals surface area contributed by atoms with Gasteiger partial charge < -0.3 is 10.9 Å². The third kappa shape index (κ3) is 7.17. The number of hydrogen-bond donors (Lipinski definition) is 0. The molecule has 0 heterocycles. The third-order valence-corrected chi connectivity index (χ3v) is 5.76. The molecule has 0 aromatic heterocycles. The maximum atomic E-state index is 12.7. The number of halogens is 1. The fourth-order valence-electron chi connectivity index (χ4n) is 2.66. The van der Waals surface area contributed by atoms with E-state index in [0.717, 1.165) is 29.6 Å². The minimum absolute atomic E-state index is 0. The van der Waals surface area contributed by atoms with Crippen LogP contribution in [0.25, 0.3) is 0 Å². The first-order valence-electron chi connectivity index (χ1n) is 8.94. The summed E-state index contributed by atoms with van der Waals surface area (Å²) in [4.78, 5) is 12.7. The Morgan fingerprint density at radius 3 is 2.63 bits per heavy atom. The van der Waals surface area contributed by atoms with Gasteiger partial charge in [0.05, 0.1) is 24.3 Å². The maximum Gasteiger partial charge on any atom is 1.00 e. The van der Waals surface area contributed by atoms with Crippen molar-refractivity contribution in [1.29, 1.82) is 0 Å². The van der Waals surface area contributed by atoms with Crippen LogP contribution < -0.4 is 33.6 Å². The number of benzene rings is 2. The first kappa shape index (κ1) is 24.1. The van der Waals surface area contributed by atoms with Crippen LogP contribution in [0.1, 0.15) is 50.0 Å². The van der Waals surface area contributed by atoms with Gasteiger partial charge in [-0.3, -0.25) is 4.79 Å². The molecule has 6 heteroatoms. The molecule has 0 aliphatic carbocycles. The van der Waals surface area contributed by atoms with E-state index in [0.29, 0.717) is 16.3 Å². The second-order valence-electron chi connectivity index (χ2n) is 6.16. The zero-order chi connectivity index (χ0) is 18.9. The Kier molecular flexibility index (Phi) is 11.1. The molecule has 2 aromatic carbocycles. The number of carbonyl (C=O) groups is 1. The Morgan fingerprint density at radius 1 is 1.19 bits per heavy atom. The number of unbranched alkanes of at least 4 members (excludes halogenated alkanes) is 3. The zero-order valence-corrected chi connectivity index (χ0v) is 18.4. The third-order valence-electron chi connectivity index (χ3n) is 4.14. The summed E-state index contributed by atoms with van der Waals surface area (Å²) in [5.41, 5.74) is 1.48. The van der Waals surface area contributed by atoms with E-state index in [-0.39, 0.29) is 34.4 Å². The van der Waals surface area contributed by atoms with Gasteiger partial charge in [0.15, 0.2) is 5.52 Å². The standard InChI is InChI=1S/C21H26ClO3P.Li.H/c1-4-5-6-7-13-25-16-11-12-19(15(2)14-16)26-21(23)20-17(22)9-8-10-18(20)24-3;;/h8-12,14,26H,4-7,13H2,1-3H3;;/q;+1;-1. The summed E-state index contributed by atoms with van der Waals surface area (Å²) >= 11 is 6.21. The molecule has 0 aliphatic rings. The predicted octanol–water partition coefficient (Wildman–Crippen LogP) is 2.88. The van der Waals surface area contributed by atoms with E-state index in [1.807, 2.05) is 25.1 Å². The SMILES string of the molecule is CCCCCCOc1ccc(PC(=O)c2c(Cl)cccc2OC)c(C)c1.[H-].[Li+]. The Morgan fingerprint density at radius 2 is 1.96 bits per heavy atom. The van der Waals surface area contributed by atoms with E-state index in [1.165, 1.54) is 19.3 Å². The summed E-state index contributed by atoms with van der Waals surface area (Å²) in [6.07, 6.45) is 4.74. The van der Waals surface area contributed by atoms with Crippen molar-refractivity contribution < 1.29 is 34.6 Å². The summed E-state index contributed by atoms with van der Waals surface area (Å²) < 4.78 is 11.1. The fraction of sp³-hybridized carbons (Fsp3) is 0.381. The molecule has 0 bridgehead atoms. The predicted molar refractivity (Wildman–Crippen MR) is 112 cm³/mol. The molecule has 3 nitrogen and oxygen atoms in total. The van der Waals surface area contributed by atoms with Crippen LogP contribution in [0.4, 0.5) is 0 Å². The quantitative estimate of drug-likeness (QED) is 0.349. The van der Waals surface area contributed by atoms with Crippen molar-refractivity contribution in [3.8, 4) is 11.5 Å². The summed E-state index contributed by atoms with van der Waals surface area (Å²) in [6.45, 7) is 4.93. The first-order valence-corrected chi connectivity index (χ1v) is 10.3. The van der Waals surface area contributed by atoms with Crippen molar-refractivity contribution in [2.75, 3.05) is 13.7 Å². The minimum atomic E-state index is -0.0243. The van der Waals surface area contributed by atoms with Gasteiger partial charge >= 0.3 is 18.9 Å². The molecule has 0 spiro atoms. The van der Waals surface area contributed by atoms with Gasteiger partial charge in [-0.05, 0) is 57.1 Å². The number of ether oxygens (including phenoxy) is 2. The van der Waals surface area contributed by atoms with Crippen molar-refractivity contribution in [3.63, 3.8) is 0 Å². The van der Waals surface area contributed by atoms with E-state index in [2.05, 4.69) is 6.92 Å². The zero-order valence-electron chi connectivity index (χ0n) is 17.6. The van der Waals surface area contributed by atoms with Crippen LogP contribution in [0.3, 0.4) is 0 Å². The van der Waals surface area contributed by atoms with E-state index >= 15 is 0 Å². The van der Waals surface area contributed by atoms with Crippen LogP contribution in [0.5, 0.6) is 11.5 Å². The monoisotopic (exact) mass is 400 g/mol. The van der Waals surface area contributed by atoms with Gasteiger partial charge in [-0.1, -0.05) is 49.9 Å². The van der Waals surface area contributed by atoms with Crippen LogP contribution in [-0.2, 0) is 0 Å². The van der Waals surface area contributed by atoms with E-state index < -0.39 is 0 Å². The Labute approximate surface area is 182 Å². The Balaban J connectivity index is 0.00000364. The second-order valence-corrected chi connectivity index (χ2v) is 7.81. The van der Waals surface area contributed by atoms with Gasteiger partial charge in [0.1, 0.15) is 11.5 Å². The smallest absolute Gasteiger partial charge is 1.00 e. The number of carbonyl (C=O) groups excluding carboxylic acids is 1. The molecule has 2 rings (SSSR count). The van der Waals surface area contributed by atoms with Crippen molar-refractivity contribution in [2.24, 2.45) is 0 Å². The van der Waals surface area contributed by atoms with E-state index in [9.17, 15) is 4.79 Å². The van der Waals surface area contributed by atoms with Crippen LogP contribution in [0, 0.1) is 6.92 Å². The van der Waals surface area contributed by atoms with Crippen LogP contribution in [-0.4, -0.2) is 19.2 Å². The number of aryl methyl sites for hydroxylation is 1. The molecule has 0 saturated carbocycles. The van der Waals surface area contributed by atoms with Gasteiger partial charge in [0.25, 0.3) is 0 Å². The van der Waals surface area contributed by atoms with Gasteiger partial charge in [0, 0.05) is 0 Å². The Bertz CT molecular complexity index is 758. The Hall–Kier alpha value is -0.973. The van der Waals surface area contributed by atoms with Crippen molar-refractivity contribution in [1.82, 2.24) is 0 Å². The van der Waals surface area contributed by atoms with Gasteiger partial charge in [-0.15, -0.1) is 0 Å². The number of rotatable bonds is 10. The van der Waals surface area contributed by atoms with Gasteiger partial charge in [0.2, 0.25) is 0 Å². The minimum Gasteiger partial charge on any atom is -1.00 e. The molecule has 142 valence electrons. The molecule has 0 fully saturated rings. The molecule has 27 heavy (non-hydrogen) atoms. The normalized spacial score (nSPS) is 10.7. The summed E-state index contributed by atoms with van der Waals surface area (Å²) in [5, 5.41) is 1.42. The van der Waals surface area contributed by atoms with Crippen molar-refractivity contribution in [3.05, 3.63) is 52.5 Å². The molecule has 1 unspecified atom stereocenters. The fourth-order valence-corrected chi connectivity index (χ4v) is 4.06. The molecule has 0 aliphatic heterocycles. The molecule has 1 atom stereocenters. The summed E-state index contributed by atoms with van der Waals surface area (Å²) in [5.74, 6) is 1.37. The van der Waals surface area contributed by atoms with Gasteiger partial charge in [-0.2, -0.15) is 0 Å². The molecular weight excluding hydrogens is 374 g/mol. The first-order chi connectivity index (χ1) is 12.6. The average Bonchev–Trinajstić information content (AvgIpc) is 2.63. The van der Waals surface area contributed by atoms with E-state index in [1.54, 1.807) is 25.3 Å². The largest absolute Gasteiger partial charge is 1.00 e. The summed E-state index contributed by atoms with van der Waals surface area (Å²) in [6, 6.07) is 11.1. The molecular formula is C21H27ClLiO3P. The molecule has 2 aromatic rings. The van der Waals surface area contributed by atoms with Crippen molar-refractivity contribution in [2.45, 2.75) is 39.5 Å². The molecule has 0 amide bonds. The molecule has 0 N–H and O–H groups in total. The number of methoxy groups -OCH3 is 1. The van der Waals surface area contributed by atoms with Gasteiger partial charge in [-0.25, -0.2) is 0 Å². The van der Waals surface area contributed by atoms with E-state index in [4.69, 9.17) is 21.1 Å². The second kappa shape index (κ2) is 12.5. The maximum absolute atomic E-state index is 12.7. The van der Waals surface area contributed by atoms with Crippen LogP contribution >= 0.6 is 20.2 Å². The van der Waals surface area contributed by atoms with Crippen LogP contribution in [0.2, 0.25) is 5.02 Å². The average molecular weight is 401 g/mol. The number of hydrogen-bond acceptors (Lipinski definition) is 3. The van der Waals surface area contributed by atoms with Crippen LogP contribution in [0.15, 0.2) is 36.4 Å². The molecule has 0 saturated heterocycles. The topological polar surface area (TPSA) is 35.5 Å². The molecule has 0 radical (unpaired) electrons. The summed E-state index contributed by atoms with van der Waals surface area (Å²) in [7, 11) is 1.54. The van der Waals surface area contributed by atoms with Crippen molar-refractivity contribution >= 4 is 31.0 Å².